The molecule has 2 fully saturated rings. The molecule has 3 aromatic heterocycles. The lowest BCUT2D eigenvalue weighted by atomic mass is 9.91. The Morgan fingerprint density at radius 2 is 1.67 bits per heavy atom. The summed E-state index contributed by atoms with van der Waals surface area (Å²) >= 11 is 0. The number of urea groups is 1. The van der Waals surface area contributed by atoms with Gasteiger partial charge in [0.05, 0.1) is 19.5 Å². The van der Waals surface area contributed by atoms with E-state index in [-0.39, 0.29) is 66.4 Å². The summed E-state index contributed by atoms with van der Waals surface area (Å²) in [6.07, 6.45) is -3.17. The van der Waals surface area contributed by atoms with E-state index < -0.39 is 24.5 Å². The van der Waals surface area contributed by atoms with Gasteiger partial charge in [0.25, 0.3) is 0 Å². The summed E-state index contributed by atoms with van der Waals surface area (Å²) in [6, 6.07) is 19.7. The molecule has 58 heavy (non-hydrogen) atoms. The number of imidazole rings is 1. The SMILES string of the molecule is O=C(NCc1cccc(O)c1)N[C@@H]1CCN(c2nc(NCC(c3ccc(O)cc3)c3ccc(O)cc3)c3ncn([C@@H]4O[C@H](c5nnn(CCO)n5)[C@@H](O)[C@@H]4O)c3n2)C1. The molecule has 9 N–H and O–H groups in total. The van der Waals surface area contributed by atoms with Gasteiger partial charge in [0, 0.05) is 38.1 Å². The summed E-state index contributed by atoms with van der Waals surface area (Å²) in [5.41, 5.74) is 3.15. The Hall–Kier alpha value is -6.61. The molecule has 2 amide bonds. The molecule has 0 spiro atoms. The van der Waals surface area contributed by atoms with Crippen LogP contribution in [0.2, 0.25) is 0 Å². The molecule has 3 aromatic carbocycles. The molecule has 302 valence electrons. The number of hydrogen-bond acceptors (Lipinski definition) is 16. The van der Waals surface area contributed by atoms with Gasteiger partial charge in [-0.1, -0.05) is 36.4 Å². The standard InChI is InChI=1S/C38H42N12O8/c51-15-14-50-46-34(45-47-50)32-30(55)31(56)36(58-32)49-20-41-29-33(39-18-28(22-4-8-25(52)9-5-22)23-6-10-26(53)11-7-23)43-37(44-35(29)49)48-13-12-24(19-48)42-38(57)40-17-21-2-1-3-27(54)16-21/h1-11,16,20,24,28,30-32,36,51-56H,12-15,17-19H2,(H,39,43,44)(H2,40,42,57)/t24-,30+,31+,32+,36-/m1/s1. The van der Waals surface area contributed by atoms with Crippen LogP contribution < -0.4 is 20.9 Å². The van der Waals surface area contributed by atoms with Gasteiger partial charge < -0.3 is 56.2 Å². The van der Waals surface area contributed by atoms with Gasteiger partial charge in [-0.2, -0.15) is 14.8 Å². The van der Waals surface area contributed by atoms with Crippen LogP contribution in [0, 0.1) is 0 Å². The van der Waals surface area contributed by atoms with Crippen molar-refractivity contribution in [1.82, 2.24) is 50.4 Å². The van der Waals surface area contributed by atoms with Crippen LogP contribution in [-0.2, 0) is 17.8 Å². The third kappa shape index (κ3) is 8.11. The van der Waals surface area contributed by atoms with Gasteiger partial charge in [-0.05, 0) is 64.7 Å². The molecule has 2 aliphatic heterocycles. The summed E-state index contributed by atoms with van der Waals surface area (Å²) in [4.78, 5) is 30.4. The number of phenols is 3. The normalized spacial score (nSPS) is 20.6. The third-order valence-electron chi connectivity index (χ3n) is 10.2. The Morgan fingerprint density at radius 1 is 0.931 bits per heavy atom. The predicted molar refractivity (Wildman–Crippen MR) is 206 cm³/mol. The molecule has 0 unspecified atom stereocenters. The number of benzene rings is 3. The zero-order chi connectivity index (χ0) is 40.3. The Bertz CT molecular complexity index is 2310. The van der Waals surface area contributed by atoms with Gasteiger partial charge in [-0.25, -0.2) is 9.78 Å². The molecule has 20 heteroatoms. The average Bonchev–Trinajstić information content (AvgIpc) is 4.03. The summed E-state index contributed by atoms with van der Waals surface area (Å²) < 4.78 is 7.66. The van der Waals surface area contributed by atoms with Crippen molar-refractivity contribution < 1.29 is 40.2 Å². The molecule has 0 aliphatic carbocycles. The van der Waals surface area contributed by atoms with Gasteiger partial charge in [0.1, 0.15) is 29.5 Å². The zero-order valence-electron chi connectivity index (χ0n) is 30.9. The van der Waals surface area contributed by atoms with Crippen LogP contribution in [-0.4, -0.2) is 121 Å². The highest BCUT2D eigenvalue weighted by atomic mass is 16.6. The summed E-state index contributed by atoms with van der Waals surface area (Å²) in [7, 11) is 0. The number of hydrogen-bond donors (Lipinski definition) is 9. The second kappa shape index (κ2) is 16.5. The molecule has 6 aromatic rings. The number of aliphatic hydroxyl groups excluding tert-OH is 3. The van der Waals surface area contributed by atoms with Crippen LogP contribution in [0.5, 0.6) is 17.2 Å². The lowest BCUT2D eigenvalue weighted by Gasteiger charge is -2.22. The molecule has 8 rings (SSSR count). The van der Waals surface area contributed by atoms with E-state index >= 15 is 0 Å². The second-order valence-electron chi connectivity index (χ2n) is 14.1. The molecule has 2 saturated heterocycles. The first-order valence-electron chi connectivity index (χ1n) is 18.7. The first kappa shape index (κ1) is 38.3. The van der Waals surface area contributed by atoms with Gasteiger partial charge in [-0.3, -0.25) is 4.57 Å². The Morgan fingerprint density at radius 3 is 2.38 bits per heavy atom. The van der Waals surface area contributed by atoms with Gasteiger partial charge in [0.2, 0.25) is 11.8 Å². The van der Waals surface area contributed by atoms with E-state index in [1.54, 1.807) is 48.5 Å². The number of amides is 2. The van der Waals surface area contributed by atoms with E-state index in [1.165, 1.54) is 10.9 Å². The fourth-order valence-corrected chi connectivity index (χ4v) is 7.20. The van der Waals surface area contributed by atoms with Gasteiger partial charge >= 0.3 is 6.03 Å². The quantitative estimate of drug-likeness (QED) is 0.0796. The molecule has 2 aliphatic rings. The summed E-state index contributed by atoms with van der Waals surface area (Å²) in [5, 5.41) is 82.7. The van der Waals surface area contributed by atoms with E-state index in [9.17, 15) is 35.4 Å². The minimum Gasteiger partial charge on any atom is -0.508 e. The molecule has 0 saturated carbocycles. The highest BCUT2D eigenvalue weighted by Crippen LogP contribution is 2.39. The van der Waals surface area contributed by atoms with Crippen LogP contribution in [0.3, 0.4) is 0 Å². The van der Waals surface area contributed by atoms with Crippen molar-refractivity contribution in [2.45, 2.75) is 56.0 Å². The van der Waals surface area contributed by atoms with Crippen LogP contribution in [0.25, 0.3) is 11.2 Å². The average molecular weight is 795 g/mol. The van der Waals surface area contributed by atoms with E-state index in [0.29, 0.717) is 43.3 Å². The lowest BCUT2D eigenvalue weighted by molar-refractivity contribution is -0.0384. The number of nitrogens with one attached hydrogen (secondary N) is 3. The first-order valence-corrected chi connectivity index (χ1v) is 18.7. The Labute approximate surface area is 330 Å². The smallest absolute Gasteiger partial charge is 0.315 e. The van der Waals surface area contributed by atoms with Gasteiger partial charge in [-0.15, -0.1) is 10.2 Å². The van der Waals surface area contributed by atoms with E-state index in [4.69, 9.17) is 14.7 Å². The second-order valence-corrected chi connectivity index (χ2v) is 14.1. The molecule has 20 nitrogen and oxygen atoms in total. The molecular formula is C38H42N12O8. The highest BCUT2D eigenvalue weighted by Gasteiger charge is 2.47. The van der Waals surface area contributed by atoms with Crippen molar-refractivity contribution >= 4 is 29.0 Å². The van der Waals surface area contributed by atoms with E-state index in [2.05, 4.69) is 36.3 Å². The monoisotopic (exact) mass is 794 g/mol. The lowest BCUT2D eigenvalue weighted by Crippen LogP contribution is -2.43. The van der Waals surface area contributed by atoms with E-state index in [0.717, 1.165) is 21.5 Å². The van der Waals surface area contributed by atoms with Crippen molar-refractivity contribution in [3.8, 4) is 17.2 Å². The third-order valence-corrected chi connectivity index (χ3v) is 10.2. The number of nitrogens with zero attached hydrogens (tertiary/aromatic N) is 9. The van der Waals surface area contributed by atoms with Crippen molar-refractivity contribution in [1.29, 1.82) is 0 Å². The number of fused-ring (bicyclic) bond motifs is 1. The minimum atomic E-state index is -1.45. The maximum atomic E-state index is 12.9. The number of carbonyl (C=O) groups is 1. The van der Waals surface area contributed by atoms with Crippen molar-refractivity contribution in [2.24, 2.45) is 0 Å². The maximum absolute atomic E-state index is 12.9. The Balaban J connectivity index is 1.08. The number of carbonyl (C=O) groups excluding carboxylic acids is 1. The van der Waals surface area contributed by atoms with Crippen molar-refractivity contribution in [3.05, 3.63) is 102 Å². The van der Waals surface area contributed by atoms with Gasteiger partial charge in [0.15, 0.2) is 29.3 Å². The molecule has 0 radical (unpaired) electrons. The maximum Gasteiger partial charge on any atom is 0.315 e. The highest BCUT2D eigenvalue weighted by molar-refractivity contribution is 5.84. The van der Waals surface area contributed by atoms with Crippen LogP contribution in [0.4, 0.5) is 16.6 Å². The van der Waals surface area contributed by atoms with Crippen molar-refractivity contribution in [2.75, 3.05) is 36.5 Å². The number of aliphatic hydroxyl groups is 3. The number of tetrazole rings is 1. The number of phenolic OH excluding ortho intramolecular Hbond substituents is 3. The van der Waals surface area contributed by atoms with E-state index in [1.807, 2.05) is 29.2 Å². The number of aromatic nitrogens is 8. The Kier molecular flexibility index (Phi) is 10.9. The molecular weight excluding hydrogens is 752 g/mol. The number of rotatable bonds is 13. The number of ether oxygens (including phenoxy) is 1. The molecule has 0 bridgehead atoms. The number of anilines is 2. The summed E-state index contributed by atoms with van der Waals surface area (Å²) in [6.45, 7) is 1.27. The first-order chi connectivity index (χ1) is 28.1. The van der Waals surface area contributed by atoms with Crippen LogP contribution in [0.1, 0.15) is 47.2 Å². The number of aromatic hydroxyl groups is 3. The van der Waals surface area contributed by atoms with Crippen LogP contribution in [0.15, 0.2) is 79.1 Å². The fraction of sp³-hybridized carbons (Fsp3) is 0.342. The molecule has 5 atom stereocenters. The zero-order valence-corrected chi connectivity index (χ0v) is 30.9. The van der Waals surface area contributed by atoms with Crippen LogP contribution >= 0.6 is 0 Å². The fourth-order valence-electron chi connectivity index (χ4n) is 7.20. The topological polar surface area (TPSA) is 274 Å². The predicted octanol–water partition coefficient (Wildman–Crippen LogP) is 1.24. The largest absolute Gasteiger partial charge is 0.508 e. The summed E-state index contributed by atoms with van der Waals surface area (Å²) in [5.74, 6) is 0.787. The van der Waals surface area contributed by atoms with Crippen molar-refractivity contribution in [3.63, 3.8) is 0 Å². The minimum absolute atomic E-state index is 0.0284. The molecule has 5 heterocycles.